The molecular formula is C27H29F3N6O3. The van der Waals surface area contributed by atoms with Crippen LogP contribution in [-0.2, 0) is 31.1 Å². The summed E-state index contributed by atoms with van der Waals surface area (Å²) < 4.78 is 49.6. The molecule has 1 saturated heterocycles. The van der Waals surface area contributed by atoms with E-state index in [4.69, 9.17) is 10.1 Å². The number of pyridine rings is 1. The number of aromatic nitrogens is 3. The molecule has 0 radical (unpaired) electrons. The molecule has 5 rings (SSSR count). The van der Waals surface area contributed by atoms with E-state index in [0.717, 1.165) is 18.4 Å². The van der Waals surface area contributed by atoms with Gasteiger partial charge in [-0.15, -0.1) is 0 Å². The smallest absolute Gasteiger partial charge is 0.435 e. The fourth-order valence-electron chi connectivity index (χ4n) is 4.82. The van der Waals surface area contributed by atoms with E-state index < -0.39 is 17.8 Å². The van der Waals surface area contributed by atoms with Crippen molar-refractivity contribution in [2.75, 3.05) is 13.2 Å². The van der Waals surface area contributed by atoms with Crippen LogP contribution in [0.5, 0.6) is 0 Å². The molecule has 12 heteroatoms. The quantitative estimate of drug-likeness (QED) is 0.449. The number of aryl methyl sites for hydroxylation is 2. The molecule has 2 fully saturated rings. The van der Waals surface area contributed by atoms with Crippen LogP contribution in [0.2, 0.25) is 0 Å². The van der Waals surface area contributed by atoms with E-state index in [2.05, 4.69) is 10.4 Å². The minimum Gasteiger partial charge on any atom is -0.463 e. The Balaban J connectivity index is 1.54. The van der Waals surface area contributed by atoms with E-state index in [-0.39, 0.29) is 53.3 Å². The maximum atomic E-state index is 13.9. The van der Waals surface area contributed by atoms with Gasteiger partial charge in [0.25, 0.3) is 11.9 Å². The molecule has 9 nitrogen and oxygen atoms in total. The Bertz CT molecular complexity index is 1470. The fourth-order valence-corrected chi connectivity index (χ4v) is 4.82. The van der Waals surface area contributed by atoms with Gasteiger partial charge < -0.3 is 19.5 Å². The van der Waals surface area contributed by atoms with E-state index in [1.54, 1.807) is 43.3 Å². The van der Waals surface area contributed by atoms with E-state index >= 15 is 0 Å². The van der Waals surface area contributed by atoms with Crippen molar-refractivity contribution in [3.05, 3.63) is 75.5 Å². The lowest BCUT2D eigenvalue weighted by molar-refractivity contribution is -0.141. The molecule has 0 unspecified atom stereocenters. The van der Waals surface area contributed by atoms with Crippen LogP contribution in [-0.4, -0.2) is 44.3 Å². The van der Waals surface area contributed by atoms with Crippen molar-refractivity contribution >= 4 is 11.9 Å². The average molecular weight is 543 g/mol. The third-order valence-electron chi connectivity index (χ3n) is 7.03. The number of amides is 1. The SMILES string of the molecule is CCn1cc(-c2cc(CN3CCOC3=N)cc(C(=O)N[C@H](c3ccc(=O)n(C)c3)C3CC3)c2)c(C(F)(F)F)n1. The van der Waals surface area contributed by atoms with E-state index in [1.165, 1.54) is 27.6 Å². The molecule has 3 heterocycles. The molecule has 0 bridgehead atoms. The molecule has 1 amide bonds. The lowest BCUT2D eigenvalue weighted by Crippen LogP contribution is -2.31. The Morgan fingerprint density at radius 1 is 1.23 bits per heavy atom. The molecule has 1 aliphatic carbocycles. The number of hydrogen-bond acceptors (Lipinski definition) is 5. The molecule has 1 aliphatic heterocycles. The Labute approximate surface area is 222 Å². The Morgan fingerprint density at radius 3 is 2.62 bits per heavy atom. The summed E-state index contributed by atoms with van der Waals surface area (Å²) in [5.74, 6) is -0.232. The Morgan fingerprint density at radius 2 is 2.00 bits per heavy atom. The first-order valence-electron chi connectivity index (χ1n) is 12.8. The van der Waals surface area contributed by atoms with Crippen LogP contribution in [0, 0.1) is 11.3 Å². The van der Waals surface area contributed by atoms with Gasteiger partial charge in [-0.2, -0.15) is 18.3 Å². The van der Waals surface area contributed by atoms with Crippen LogP contribution in [0.3, 0.4) is 0 Å². The van der Waals surface area contributed by atoms with Gasteiger partial charge in [-0.1, -0.05) is 6.07 Å². The van der Waals surface area contributed by atoms with Gasteiger partial charge in [-0.05, 0) is 60.6 Å². The van der Waals surface area contributed by atoms with Crippen LogP contribution >= 0.6 is 0 Å². The molecule has 206 valence electrons. The number of halogens is 3. The molecule has 2 aliphatic rings. The lowest BCUT2D eigenvalue weighted by atomic mass is 9.98. The van der Waals surface area contributed by atoms with Crippen molar-refractivity contribution in [1.29, 1.82) is 5.41 Å². The second kappa shape index (κ2) is 10.2. The largest absolute Gasteiger partial charge is 0.463 e. The lowest BCUT2D eigenvalue weighted by Gasteiger charge is -2.21. The van der Waals surface area contributed by atoms with Crippen molar-refractivity contribution in [2.45, 2.75) is 45.1 Å². The Kier molecular flexibility index (Phi) is 6.96. The van der Waals surface area contributed by atoms with Crippen molar-refractivity contribution in [2.24, 2.45) is 13.0 Å². The third kappa shape index (κ3) is 5.69. The normalized spacial score (nSPS) is 16.3. The van der Waals surface area contributed by atoms with E-state index in [9.17, 15) is 22.8 Å². The third-order valence-corrected chi connectivity index (χ3v) is 7.03. The number of carbonyl (C=O) groups excluding carboxylic acids is 1. The van der Waals surface area contributed by atoms with Crippen LogP contribution in [0.15, 0.2) is 47.5 Å². The number of nitrogens with one attached hydrogen (secondary N) is 2. The topological polar surface area (TPSA) is 105 Å². The summed E-state index contributed by atoms with van der Waals surface area (Å²) in [5, 5.41) is 14.7. The van der Waals surface area contributed by atoms with Gasteiger partial charge >= 0.3 is 6.18 Å². The average Bonchev–Trinajstić information content (AvgIpc) is 3.50. The zero-order valence-corrected chi connectivity index (χ0v) is 21.6. The molecule has 1 aromatic carbocycles. The summed E-state index contributed by atoms with van der Waals surface area (Å²) in [6.45, 7) is 2.95. The highest BCUT2D eigenvalue weighted by Crippen LogP contribution is 2.41. The summed E-state index contributed by atoms with van der Waals surface area (Å²) in [4.78, 5) is 27.1. The van der Waals surface area contributed by atoms with Crippen molar-refractivity contribution in [3.63, 3.8) is 0 Å². The minimum absolute atomic E-state index is 0.0234. The highest BCUT2D eigenvalue weighted by molar-refractivity contribution is 5.96. The fraction of sp³-hybridized carbons (Fsp3) is 0.407. The first-order chi connectivity index (χ1) is 18.5. The zero-order valence-electron chi connectivity index (χ0n) is 21.6. The Hall–Kier alpha value is -4.09. The summed E-state index contributed by atoms with van der Waals surface area (Å²) in [7, 11) is 1.64. The monoisotopic (exact) mass is 542 g/mol. The molecular weight excluding hydrogens is 513 g/mol. The van der Waals surface area contributed by atoms with Gasteiger partial charge in [0.15, 0.2) is 5.69 Å². The van der Waals surface area contributed by atoms with Crippen LogP contribution in [0.25, 0.3) is 11.1 Å². The number of hydrogen-bond donors (Lipinski definition) is 2. The standard InChI is InChI=1S/C27H29F3N6O3/c1-3-36-15-21(24(33-36)27(28,29)30)19-10-16(13-35-8-9-39-26(35)31)11-20(12-19)25(38)32-23(17-4-5-17)18-6-7-22(37)34(2)14-18/h6-7,10-12,14-15,17,23,31H,3-5,8-9,13H2,1-2H3,(H,32,38)/t23-/m0/s1. The molecule has 2 aromatic heterocycles. The van der Waals surface area contributed by atoms with Gasteiger partial charge in [-0.3, -0.25) is 19.7 Å². The van der Waals surface area contributed by atoms with Gasteiger partial charge in [0.1, 0.15) is 6.61 Å². The number of alkyl halides is 3. The van der Waals surface area contributed by atoms with Gasteiger partial charge in [0.05, 0.1) is 12.6 Å². The predicted octanol–water partition coefficient (Wildman–Crippen LogP) is 3.94. The minimum atomic E-state index is -4.68. The predicted molar refractivity (Wildman–Crippen MR) is 137 cm³/mol. The van der Waals surface area contributed by atoms with Gasteiger partial charge in [-0.25, -0.2) is 0 Å². The van der Waals surface area contributed by atoms with Gasteiger partial charge in [0, 0.05) is 49.7 Å². The maximum Gasteiger partial charge on any atom is 0.435 e. The number of carbonyl (C=O) groups is 1. The first-order valence-corrected chi connectivity index (χ1v) is 12.8. The molecule has 39 heavy (non-hydrogen) atoms. The summed E-state index contributed by atoms with van der Waals surface area (Å²) in [6.07, 6.45) is 0.186. The molecule has 3 aromatic rings. The van der Waals surface area contributed by atoms with Crippen LogP contribution < -0.4 is 10.9 Å². The number of rotatable bonds is 8. The van der Waals surface area contributed by atoms with Crippen molar-refractivity contribution in [3.8, 4) is 11.1 Å². The number of ether oxygens (including phenoxy) is 1. The number of amidine groups is 1. The number of nitrogens with zero attached hydrogens (tertiary/aromatic N) is 4. The highest BCUT2D eigenvalue weighted by Gasteiger charge is 2.38. The highest BCUT2D eigenvalue weighted by atomic mass is 19.4. The molecule has 1 saturated carbocycles. The maximum absolute atomic E-state index is 13.9. The molecule has 2 N–H and O–H groups in total. The second-order valence-electron chi connectivity index (χ2n) is 9.94. The van der Waals surface area contributed by atoms with Crippen molar-refractivity contribution in [1.82, 2.24) is 24.6 Å². The number of benzene rings is 1. The summed E-state index contributed by atoms with van der Waals surface area (Å²) in [6, 6.07) is 7.46. The van der Waals surface area contributed by atoms with E-state index in [1.807, 2.05) is 0 Å². The summed E-state index contributed by atoms with van der Waals surface area (Å²) in [5.41, 5.74) is 0.451. The van der Waals surface area contributed by atoms with Crippen LogP contribution in [0.1, 0.15) is 53.0 Å². The summed E-state index contributed by atoms with van der Waals surface area (Å²) >= 11 is 0. The molecule has 0 spiro atoms. The van der Waals surface area contributed by atoms with Gasteiger partial charge in [0.2, 0.25) is 5.56 Å². The van der Waals surface area contributed by atoms with Crippen LogP contribution in [0.4, 0.5) is 13.2 Å². The van der Waals surface area contributed by atoms with E-state index in [0.29, 0.717) is 18.7 Å². The molecule has 1 atom stereocenters. The second-order valence-corrected chi connectivity index (χ2v) is 9.94. The zero-order chi connectivity index (χ0) is 27.9. The van der Waals surface area contributed by atoms with Crippen molar-refractivity contribution < 1.29 is 22.7 Å². The first kappa shape index (κ1) is 26.5.